The monoisotopic (exact) mass is 200 g/mol. The molecule has 84 valence electrons. The molecular weight excluding hydrogens is 176 g/mol. The molecule has 3 nitrogen and oxygen atoms in total. The Bertz CT molecular complexity index is 177. The zero-order valence-electron chi connectivity index (χ0n) is 9.89. The van der Waals surface area contributed by atoms with E-state index in [0.717, 1.165) is 6.42 Å². The van der Waals surface area contributed by atoms with Gasteiger partial charge in [-0.2, -0.15) is 0 Å². The average molecular weight is 200 g/mol. The van der Waals surface area contributed by atoms with Crippen LogP contribution in [0.3, 0.4) is 0 Å². The molecule has 1 aliphatic rings. The average Bonchev–Trinajstić information content (AvgIpc) is 2.01. The fourth-order valence-corrected chi connectivity index (χ4v) is 2.05. The third-order valence-electron chi connectivity index (χ3n) is 3.52. The van der Waals surface area contributed by atoms with Gasteiger partial charge >= 0.3 is 0 Å². The van der Waals surface area contributed by atoms with Crippen LogP contribution in [0.15, 0.2) is 0 Å². The van der Waals surface area contributed by atoms with Gasteiger partial charge in [0.1, 0.15) is 0 Å². The van der Waals surface area contributed by atoms with E-state index in [2.05, 4.69) is 26.2 Å². The predicted molar refractivity (Wildman–Crippen MR) is 58.8 cm³/mol. The van der Waals surface area contributed by atoms with E-state index in [1.54, 1.807) is 0 Å². The molecule has 1 unspecified atom stereocenters. The van der Waals surface area contributed by atoms with Gasteiger partial charge in [0, 0.05) is 13.2 Å². The van der Waals surface area contributed by atoms with Gasteiger partial charge in [-0.3, -0.25) is 11.3 Å². The summed E-state index contributed by atoms with van der Waals surface area (Å²) in [6.07, 6.45) is 4.66. The second-order valence-corrected chi connectivity index (χ2v) is 5.53. The van der Waals surface area contributed by atoms with Crippen LogP contribution in [0, 0.1) is 5.41 Å². The molecule has 1 atom stereocenters. The molecule has 0 radical (unpaired) electrons. The van der Waals surface area contributed by atoms with Gasteiger partial charge in [0.15, 0.2) is 0 Å². The Morgan fingerprint density at radius 3 is 2.21 bits per heavy atom. The van der Waals surface area contributed by atoms with Crippen molar-refractivity contribution in [1.82, 2.24) is 5.43 Å². The molecule has 0 spiro atoms. The highest BCUT2D eigenvalue weighted by Crippen LogP contribution is 2.41. The third-order valence-corrected chi connectivity index (χ3v) is 3.52. The summed E-state index contributed by atoms with van der Waals surface area (Å²) in [5, 5.41) is 0. The van der Waals surface area contributed by atoms with Gasteiger partial charge in [0.25, 0.3) is 0 Å². The number of nitrogens with two attached hydrogens (primary N) is 1. The normalized spacial score (nSPS) is 22.9. The summed E-state index contributed by atoms with van der Waals surface area (Å²) >= 11 is 0. The summed E-state index contributed by atoms with van der Waals surface area (Å²) in [4.78, 5) is 0. The van der Waals surface area contributed by atoms with Crippen LogP contribution >= 0.6 is 0 Å². The minimum atomic E-state index is 0.102. The summed E-state index contributed by atoms with van der Waals surface area (Å²) in [7, 11) is 1.81. The van der Waals surface area contributed by atoms with Crippen LogP contribution in [0.25, 0.3) is 0 Å². The number of rotatable bonds is 4. The molecule has 0 amide bonds. The van der Waals surface area contributed by atoms with Gasteiger partial charge in [0.2, 0.25) is 0 Å². The maximum Gasteiger partial charge on any atom is 0.0694 e. The van der Waals surface area contributed by atoms with Crippen LogP contribution in [0.4, 0.5) is 0 Å². The Labute approximate surface area is 87.4 Å². The molecule has 0 bridgehead atoms. The second kappa shape index (κ2) is 4.17. The van der Waals surface area contributed by atoms with Crippen molar-refractivity contribution in [2.75, 3.05) is 7.11 Å². The first-order valence-corrected chi connectivity index (χ1v) is 5.45. The van der Waals surface area contributed by atoms with Crippen LogP contribution in [0.5, 0.6) is 0 Å². The van der Waals surface area contributed by atoms with Gasteiger partial charge in [0.05, 0.1) is 5.60 Å². The number of nitrogens with one attached hydrogen (secondary N) is 1. The summed E-state index contributed by atoms with van der Waals surface area (Å²) in [5.74, 6) is 5.59. The lowest BCUT2D eigenvalue weighted by Gasteiger charge is -2.45. The molecule has 1 aliphatic carbocycles. The first kappa shape index (κ1) is 12.0. The van der Waals surface area contributed by atoms with E-state index in [9.17, 15) is 0 Å². The largest absolute Gasteiger partial charge is 0.378 e. The zero-order chi connectivity index (χ0) is 10.8. The highest BCUT2D eigenvalue weighted by atomic mass is 16.5. The third kappa shape index (κ3) is 2.47. The first-order valence-electron chi connectivity index (χ1n) is 5.45. The Hall–Kier alpha value is -0.120. The Balaban J connectivity index is 2.55. The molecule has 0 aromatic rings. The highest BCUT2D eigenvalue weighted by Gasteiger charge is 2.41. The fraction of sp³-hybridized carbons (Fsp3) is 1.00. The Morgan fingerprint density at radius 2 is 2.00 bits per heavy atom. The summed E-state index contributed by atoms with van der Waals surface area (Å²) in [6, 6.07) is 0.322. The molecule has 14 heavy (non-hydrogen) atoms. The van der Waals surface area contributed by atoms with Crippen LogP contribution in [0.1, 0.15) is 46.5 Å². The minimum absolute atomic E-state index is 0.102. The lowest BCUT2D eigenvalue weighted by atomic mass is 9.71. The minimum Gasteiger partial charge on any atom is -0.378 e. The maximum atomic E-state index is 5.61. The van der Waals surface area contributed by atoms with Gasteiger partial charge in [-0.05, 0) is 31.1 Å². The van der Waals surface area contributed by atoms with E-state index in [-0.39, 0.29) is 11.0 Å². The summed E-state index contributed by atoms with van der Waals surface area (Å²) in [6.45, 7) is 6.62. The molecule has 0 aliphatic heterocycles. The van der Waals surface area contributed by atoms with Crippen molar-refractivity contribution >= 4 is 0 Å². The highest BCUT2D eigenvalue weighted by molar-refractivity contribution is 4.95. The van der Waals surface area contributed by atoms with Gasteiger partial charge in [-0.25, -0.2) is 0 Å². The Kier molecular flexibility index (Phi) is 3.56. The van der Waals surface area contributed by atoms with E-state index in [1.807, 2.05) is 7.11 Å². The second-order valence-electron chi connectivity index (χ2n) is 5.53. The SMILES string of the molecule is COC1(CC(NN)C(C)(C)C)CCC1. The van der Waals surface area contributed by atoms with Crippen LogP contribution in [-0.2, 0) is 4.74 Å². The fourth-order valence-electron chi connectivity index (χ4n) is 2.05. The molecule has 1 rings (SSSR count). The van der Waals surface area contributed by atoms with Crippen molar-refractivity contribution in [3.63, 3.8) is 0 Å². The first-order chi connectivity index (χ1) is 6.43. The number of hydrogen-bond acceptors (Lipinski definition) is 3. The van der Waals surface area contributed by atoms with E-state index in [1.165, 1.54) is 19.3 Å². The molecular formula is C11H24N2O. The van der Waals surface area contributed by atoms with Crippen molar-refractivity contribution in [3.8, 4) is 0 Å². The molecule has 1 saturated carbocycles. The van der Waals surface area contributed by atoms with Crippen molar-refractivity contribution in [3.05, 3.63) is 0 Å². The van der Waals surface area contributed by atoms with Crippen LogP contribution in [-0.4, -0.2) is 18.8 Å². The van der Waals surface area contributed by atoms with E-state index in [4.69, 9.17) is 10.6 Å². The van der Waals surface area contributed by atoms with Gasteiger partial charge < -0.3 is 4.74 Å². The standard InChI is InChI=1S/C11H24N2O/c1-10(2,3)9(13-12)8-11(14-4)6-5-7-11/h9,13H,5-8,12H2,1-4H3. The number of hydrogen-bond donors (Lipinski definition) is 2. The Morgan fingerprint density at radius 1 is 1.43 bits per heavy atom. The quantitative estimate of drug-likeness (QED) is 0.537. The molecule has 0 aromatic carbocycles. The topological polar surface area (TPSA) is 47.3 Å². The summed E-state index contributed by atoms with van der Waals surface area (Å²) < 4.78 is 5.61. The van der Waals surface area contributed by atoms with E-state index in [0.29, 0.717) is 6.04 Å². The molecule has 3 heteroatoms. The van der Waals surface area contributed by atoms with Crippen molar-refractivity contribution in [2.24, 2.45) is 11.3 Å². The van der Waals surface area contributed by atoms with Crippen molar-refractivity contribution < 1.29 is 4.74 Å². The zero-order valence-corrected chi connectivity index (χ0v) is 9.89. The number of methoxy groups -OCH3 is 1. The van der Waals surface area contributed by atoms with E-state index >= 15 is 0 Å². The van der Waals surface area contributed by atoms with Crippen LogP contribution < -0.4 is 11.3 Å². The number of ether oxygens (including phenoxy) is 1. The van der Waals surface area contributed by atoms with E-state index < -0.39 is 0 Å². The lowest BCUT2D eigenvalue weighted by Crippen LogP contribution is -2.52. The van der Waals surface area contributed by atoms with Crippen molar-refractivity contribution in [2.45, 2.75) is 58.1 Å². The predicted octanol–water partition coefficient (Wildman–Crippen LogP) is 1.82. The van der Waals surface area contributed by atoms with Gasteiger partial charge in [-0.1, -0.05) is 20.8 Å². The number of hydrazine groups is 1. The maximum absolute atomic E-state index is 5.61. The molecule has 0 aromatic heterocycles. The summed E-state index contributed by atoms with van der Waals surface area (Å²) in [5.41, 5.74) is 3.21. The molecule has 3 N–H and O–H groups in total. The van der Waals surface area contributed by atoms with Gasteiger partial charge in [-0.15, -0.1) is 0 Å². The lowest BCUT2D eigenvalue weighted by molar-refractivity contribution is -0.0901. The smallest absolute Gasteiger partial charge is 0.0694 e. The molecule has 0 saturated heterocycles. The van der Waals surface area contributed by atoms with Crippen LogP contribution in [0.2, 0.25) is 0 Å². The molecule has 0 heterocycles. The van der Waals surface area contributed by atoms with Crippen molar-refractivity contribution in [1.29, 1.82) is 0 Å². The molecule has 1 fully saturated rings.